The van der Waals surface area contributed by atoms with E-state index in [9.17, 15) is 4.39 Å². The van der Waals surface area contributed by atoms with E-state index in [0.717, 1.165) is 26.8 Å². The first-order valence-electron chi connectivity index (χ1n) is 11.7. The van der Waals surface area contributed by atoms with Crippen LogP contribution in [0.1, 0.15) is 56.9 Å². The summed E-state index contributed by atoms with van der Waals surface area (Å²) in [7, 11) is 0. The second-order valence-corrected chi connectivity index (χ2v) is 10.9. The third kappa shape index (κ3) is 4.22. The topological polar surface area (TPSA) is 24.9 Å². The molecule has 2 nitrogen and oxygen atoms in total. The summed E-state index contributed by atoms with van der Waals surface area (Å²) in [6.07, 6.45) is 9.40. The fraction of sp³-hybridized carbons (Fsp3) is 0.393. The molecule has 1 N–H and O–H groups in total. The monoisotopic (exact) mass is 492 g/mol. The Morgan fingerprint density at radius 1 is 1.12 bits per heavy atom. The van der Waals surface area contributed by atoms with Crippen molar-refractivity contribution in [3.05, 3.63) is 82.9 Å². The van der Waals surface area contributed by atoms with Gasteiger partial charge in [-0.1, -0.05) is 29.4 Å². The maximum atomic E-state index is 13.9. The van der Waals surface area contributed by atoms with Crippen molar-refractivity contribution < 1.29 is 4.39 Å². The number of benzene rings is 2. The van der Waals surface area contributed by atoms with Crippen LogP contribution in [0.4, 0.5) is 10.1 Å². The first kappa shape index (κ1) is 21.6. The number of nitrogens with zero attached hydrogens (tertiary/aromatic N) is 1. The summed E-state index contributed by atoms with van der Waals surface area (Å²) in [5, 5.41) is 4.50. The molecule has 0 bridgehead atoms. The van der Waals surface area contributed by atoms with E-state index in [2.05, 4.69) is 70.1 Å². The van der Waals surface area contributed by atoms with E-state index in [4.69, 9.17) is 0 Å². The van der Waals surface area contributed by atoms with Gasteiger partial charge in [-0.3, -0.25) is 4.98 Å². The summed E-state index contributed by atoms with van der Waals surface area (Å²) in [6, 6.07) is 15.3. The van der Waals surface area contributed by atoms with Crippen molar-refractivity contribution in [2.24, 2.45) is 17.3 Å². The minimum atomic E-state index is -0.174. The van der Waals surface area contributed by atoms with Gasteiger partial charge in [0.05, 0.1) is 5.52 Å². The van der Waals surface area contributed by atoms with E-state index < -0.39 is 0 Å². The summed E-state index contributed by atoms with van der Waals surface area (Å²) >= 11 is 3.49. The number of rotatable bonds is 5. The van der Waals surface area contributed by atoms with Crippen LogP contribution in [0.3, 0.4) is 0 Å². The van der Waals surface area contributed by atoms with E-state index >= 15 is 0 Å². The standard InChI is InChI=1S/C28H30BrFN2/c1-18(19(2)32-24-6-3-22(29)4-7-24)21-16-28(17-21)12-9-20(10-13-28)25-11-14-31-27-8-5-23(30)15-26(25)27/h3-8,11,14-15,18,20-21,32H,2,9-10,12-13,16-17H2,1H3. The molecule has 1 spiro atoms. The normalized spacial score (nSPS) is 26.0. The predicted octanol–water partition coefficient (Wildman–Crippen LogP) is 8.45. The summed E-state index contributed by atoms with van der Waals surface area (Å²) in [5.41, 5.74) is 4.90. The number of hydrogen-bond acceptors (Lipinski definition) is 2. The smallest absolute Gasteiger partial charge is 0.123 e. The second kappa shape index (κ2) is 8.62. The number of hydrogen-bond donors (Lipinski definition) is 1. The number of pyridine rings is 1. The fourth-order valence-corrected chi connectivity index (χ4v) is 6.23. The number of halogens is 2. The average Bonchev–Trinajstić information content (AvgIpc) is 2.78. The lowest BCUT2D eigenvalue weighted by atomic mass is 9.52. The highest BCUT2D eigenvalue weighted by Gasteiger charge is 2.48. The van der Waals surface area contributed by atoms with Crippen LogP contribution in [0.25, 0.3) is 10.9 Å². The fourth-order valence-electron chi connectivity index (χ4n) is 5.97. The largest absolute Gasteiger partial charge is 0.359 e. The second-order valence-electron chi connectivity index (χ2n) is 9.95. The van der Waals surface area contributed by atoms with E-state index in [1.165, 1.54) is 50.2 Å². The molecule has 0 amide bonds. The Hall–Kier alpha value is -2.20. The molecule has 2 aliphatic rings. The van der Waals surface area contributed by atoms with Gasteiger partial charge in [-0.25, -0.2) is 4.39 Å². The number of allylic oxidation sites excluding steroid dienone is 1. The molecule has 2 aromatic carbocycles. The first-order valence-corrected chi connectivity index (χ1v) is 12.5. The van der Waals surface area contributed by atoms with Crippen LogP contribution in [0.2, 0.25) is 0 Å². The van der Waals surface area contributed by atoms with E-state index in [1.807, 2.05) is 6.20 Å². The Morgan fingerprint density at radius 2 is 1.84 bits per heavy atom. The van der Waals surface area contributed by atoms with Crippen molar-refractivity contribution in [3.63, 3.8) is 0 Å². The Balaban J connectivity index is 1.18. The number of fused-ring (bicyclic) bond motifs is 1. The molecule has 32 heavy (non-hydrogen) atoms. The highest BCUT2D eigenvalue weighted by atomic mass is 79.9. The first-order chi connectivity index (χ1) is 15.4. The molecular weight excluding hydrogens is 463 g/mol. The van der Waals surface area contributed by atoms with Gasteiger partial charge < -0.3 is 5.32 Å². The van der Waals surface area contributed by atoms with Gasteiger partial charge in [0.1, 0.15) is 5.82 Å². The minimum absolute atomic E-state index is 0.174. The molecule has 4 heteroatoms. The van der Waals surface area contributed by atoms with Gasteiger partial charge in [0, 0.05) is 27.4 Å². The van der Waals surface area contributed by atoms with Gasteiger partial charge in [-0.15, -0.1) is 0 Å². The third-order valence-electron chi connectivity index (χ3n) is 8.02. The number of anilines is 1. The van der Waals surface area contributed by atoms with Gasteiger partial charge in [0.15, 0.2) is 0 Å². The molecule has 1 aromatic heterocycles. The molecule has 5 rings (SSSR count). The van der Waals surface area contributed by atoms with Crippen molar-refractivity contribution >= 4 is 32.5 Å². The highest BCUT2D eigenvalue weighted by Crippen LogP contribution is 2.59. The van der Waals surface area contributed by atoms with Crippen LogP contribution < -0.4 is 5.32 Å². The Labute approximate surface area is 198 Å². The number of aromatic nitrogens is 1. The molecule has 0 saturated heterocycles. The molecule has 166 valence electrons. The van der Waals surface area contributed by atoms with Crippen LogP contribution >= 0.6 is 15.9 Å². The van der Waals surface area contributed by atoms with E-state index in [1.54, 1.807) is 12.1 Å². The zero-order valence-electron chi connectivity index (χ0n) is 18.6. The van der Waals surface area contributed by atoms with Gasteiger partial charge in [0.2, 0.25) is 0 Å². The van der Waals surface area contributed by atoms with Crippen LogP contribution in [0.15, 0.2) is 71.5 Å². The minimum Gasteiger partial charge on any atom is -0.359 e. The van der Waals surface area contributed by atoms with E-state index in [-0.39, 0.29) is 5.82 Å². The van der Waals surface area contributed by atoms with Gasteiger partial charge in [-0.05, 0) is 116 Å². The molecular formula is C28H30BrFN2. The molecule has 3 aromatic rings. The molecule has 0 aliphatic heterocycles. The average molecular weight is 493 g/mol. The van der Waals surface area contributed by atoms with Crippen molar-refractivity contribution in [1.82, 2.24) is 4.98 Å². The van der Waals surface area contributed by atoms with Crippen molar-refractivity contribution in [2.45, 2.75) is 51.4 Å². The van der Waals surface area contributed by atoms with Crippen molar-refractivity contribution in [3.8, 4) is 0 Å². The van der Waals surface area contributed by atoms with E-state index in [0.29, 0.717) is 23.2 Å². The molecule has 1 atom stereocenters. The van der Waals surface area contributed by atoms with Crippen LogP contribution in [-0.4, -0.2) is 4.98 Å². The maximum Gasteiger partial charge on any atom is 0.123 e. The zero-order valence-corrected chi connectivity index (χ0v) is 20.2. The van der Waals surface area contributed by atoms with Crippen molar-refractivity contribution in [1.29, 1.82) is 0 Å². The molecule has 2 saturated carbocycles. The molecule has 2 aliphatic carbocycles. The number of nitrogens with one attached hydrogen (secondary N) is 1. The summed E-state index contributed by atoms with van der Waals surface area (Å²) in [5.74, 6) is 1.51. The predicted molar refractivity (Wildman–Crippen MR) is 134 cm³/mol. The Bertz CT molecular complexity index is 1120. The molecule has 1 heterocycles. The van der Waals surface area contributed by atoms with Crippen LogP contribution in [-0.2, 0) is 0 Å². The lowest BCUT2D eigenvalue weighted by Gasteiger charge is -2.54. The highest BCUT2D eigenvalue weighted by molar-refractivity contribution is 9.10. The van der Waals surface area contributed by atoms with Crippen molar-refractivity contribution in [2.75, 3.05) is 5.32 Å². The molecule has 2 fully saturated rings. The lowest BCUT2D eigenvalue weighted by molar-refractivity contribution is -0.00863. The molecule has 0 radical (unpaired) electrons. The van der Waals surface area contributed by atoms with Gasteiger partial charge in [0.25, 0.3) is 0 Å². The van der Waals surface area contributed by atoms with Gasteiger partial charge in [-0.2, -0.15) is 0 Å². The molecule has 1 unspecified atom stereocenters. The SMILES string of the molecule is C=C(Nc1ccc(Br)cc1)C(C)C1CC2(CCC(c3ccnc4ccc(F)cc34)CC2)C1. The maximum absolute atomic E-state index is 13.9. The summed E-state index contributed by atoms with van der Waals surface area (Å²) < 4.78 is 15.0. The Morgan fingerprint density at radius 3 is 2.56 bits per heavy atom. The Kier molecular flexibility index (Phi) is 5.83. The van der Waals surface area contributed by atoms with Crippen LogP contribution in [0, 0.1) is 23.1 Å². The van der Waals surface area contributed by atoms with Gasteiger partial charge >= 0.3 is 0 Å². The summed E-state index contributed by atoms with van der Waals surface area (Å²) in [4.78, 5) is 4.43. The van der Waals surface area contributed by atoms with Crippen LogP contribution in [0.5, 0.6) is 0 Å². The summed E-state index contributed by atoms with van der Waals surface area (Å²) in [6.45, 7) is 6.65. The third-order valence-corrected chi connectivity index (χ3v) is 8.55. The quantitative estimate of drug-likeness (QED) is 0.386. The lowest BCUT2D eigenvalue weighted by Crippen LogP contribution is -2.43. The zero-order chi connectivity index (χ0) is 22.3.